The van der Waals surface area contributed by atoms with Crippen LogP contribution in [0.15, 0.2) is 17.4 Å². The minimum atomic E-state index is -1.19. The Hall–Kier alpha value is -1.54. The van der Waals surface area contributed by atoms with Crippen LogP contribution in [0.3, 0.4) is 0 Å². The summed E-state index contributed by atoms with van der Waals surface area (Å²) in [6.07, 6.45) is 1.04. The first-order chi connectivity index (χ1) is 5.63. The SMILES string of the molecule is CCO/C=C(\C(=O)O)C(C)=C=O. The molecule has 0 spiro atoms. The minimum Gasteiger partial charge on any atom is -0.501 e. The average Bonchev–Trinajstić information content (AvgIpc) is 2.04. The number of hydrogen-bond donors (Lipinski definition) is 1. The van der Waals surface area contributed by atoms with Gasteiger partial charge in [0.25, 0.3) is 0 Å². The molecule has 0 atom stereocenters. The second kappa shape index (κ2) is 5.16. The summed E-state index contributed by atoms with van der Waals surface area (Å²) in [5.74, 6) is 0.302. The summed E-state index contributed by atoms with van der Waals surface area (Å²) in [7, 11) is 0. The fourth-order valence-corrected chi connectivity index (χ4v) is 0.521. The second-order valence-corrected chi connectivity index (χ2v) is 2.02. The molecule has 0 amide bonds. The Morgan fingerprint density at radius 2 is 2.25 bits per heavy atom. The van der Waals surface area contributed by atoms with Gasteiger partial charge in [0.2, 0.25) is 0 Å². The van der Waals surface area contributed by atoms with Crippen LogP contribution in [-0.2, 0) is 14.3 Å². The lowest BCUT2D eigenvalue weighted by Crippen LogP contribution is -2.03. The van der Waals surface area contributed by atoms with E-state index in [9.17, 15) is 9.59 Å². The largest absolute Gasteiger partial charge is 0.501 e. The van der Waals surface area contributed by atoms with E-state index in [0.717, 1.165) is 6.26 Å². The molecule has 0 aliphatic carbocycles. The standard InChI is InChI=1S/C8H10O4/c1-3-12-5-7(8(10)11)6(2)4-9/h5H,3H2,1-2H3,(H,10,11)/b7-5-. The number of ether oxygens (including phenoxy) is 1. The molecule has 0 unspecified atom stereocenters. The molecule has 12 heavy (non-hydrogen) atoms. The zero-order chi connectivity index (χ0) is 9.56. The third kappa shape index (κ3) is 3.03. The summed E-state index contributed by atoms with van der Waals surface area (Å²) < 4.78 is 4.74. The summed E-state index contributed by atoms with van der Waals surface area (Å²) in [5, 5.41) is 8.55. The van der Waals surface area contributed by atoms with Crippen molar-refractivity contribution in [2.24, 2.45) is 0 Å². The molecule has 0 aliphatic heterocycles. The quantitative estimate of drug-likeness (QED) is 0.293. The van der Waals surface area contributed by atoms with Crippen molar-refractivity contribution >= 4 is 11.9 Å². The first-order valence-electron chi connectivity index (χ1n) is 3.40. The highest BCUT2D eigenvalue weighted by atomic mass is 16.5. The Morgan fingerprint density at radius 1 is 1.67 bits per heavy atom. The lowest BCUT2D eigenvalue weighted by Gasteiger charge is -1.98. The predicted octanol–water partition coefficient (Wildman–Crippen LogP) is 0.769. The third-order valence-corrected chi connectivity index (χ3v) is 1.16. The van der Waals surface area contributed by atoms with E-state index in [-0.39, 0.29) is 11.1 Å². The highest BCUT2D eigenvalue weighted by Crippen LogP contribution is 2.05. The zero-order valence-electron chi connectivity index (χ0n) is 6.96. The van der Waals surface area contributed by atoms with Crippen molar-refractivity contribution in [2.45, 2.75) is 13.8 Å². The van der Waals surface area contributed by atoms with Crippen molar-refractivity contribution in [2.75, 3.05) is 6.61 Å². The van der Waals surface area contributed by atoms with Crippen molar-refractivity contribution in [3.05, 3.63) is 17.4 Å². The van der Waals surface area contributed by atoms with E-state index in [2.05, 4.69) is 0 Å². The van der Waals surface area contributed by atoms with Crippen LogP contribution < -0.4 is 0 Å². The third-order valence-electron chi connectivity index (χ3n) is 1.16. The van der Waals surface area contributed by atoms with Crippen molar-refractivity contribution in [3.63, 3.8) is 0 Å². The Balaban J connectivity index is 4.67. The van der Waals surface area contributed by atoms with Crippen LogP contribution >= 0.6 is 0 Å². The number of hydrogen-bond acceptors (Lipinski definition) is 3. The van der Waals surface area contributed by atoms with Gasteiger partial charge in [0.1, 0.15) is 11.5 Å². The van der Waals surface area contributed by atoms with Crippen LogP contribution in [0.2, 0.25) is 0 Å². The number of rotatable bonds is 4. The van der Waals surface area contributed by atoms with E-state index in [1.54, 1.807) is 6.92 Å². The molecule has 0 rings (SSSR count). The van der Waals surface area contributed by atoms with Crippen molar-refractivity contribution in [3.8, 4) is 0 Å². The van der Waals surface area contributed by atoms with Gasteiger partial charge < -0.3 is 9.84 Å². The average molecular weight is 170 g/mol. The van der Waals surface area contributed by atoms with Gasteiger partial charge >= 0.3 is 5.97 Å². The van der Waals surface area contributed by atoms with Gasteiger partial charge in [-0.05, 0) is 13.8 Å². The van der Waals surface area contributed by atoms with E-state index in [4.69, 9.17) is 9.84 Å². The topological polar surface area (TPSA) is 63.6 Å². The molecule has 0 fully saturated rings. The highest BCUT2D eigenvalue weighted by Gasteiger charge is 2.10. The number of carboxylic acid groups (broad SMARTS) is 1. The maximum absolute atomic E-state index is 10.5. The molecule has 4 heteroatoms. The van der Waals surface area contributed by atoms with Gasteiger partial charge in [-0.3, -0.25) is 0 Å². The molecule has 0 aromatic rings. The van der Waals surface area contributed by atoms with Gasteiger partial charge in [-0.2, -0.15) is 0 Å². The Labute approximate surface area is 70.1 Å². The second-order valence-electron chi connectivity index (χ2n) is 2.02. The van der Waals surface area contributed by atoms with E-state index in [1.807, 2.05) is 0 Å². The molecular weight excluding hydrogens is 160 g/mol. The summed E-state index contributed by atoms with van der Waals surface area (Å²) in [5.41, 5.74) is -0.136. The first kappa shape index (κ1) is 10.5. The van der Waals surface area contributed by atoms with E-state index >= 15 is 0 Å². The van der Waals surface area contributed by atoms with Crippen molar-refractivity contribution in [1.82, 2.24) is 0 Å². The Kier molecular flexibility index (Phi) is 4.49. The predicted molar refractivity (Wildman–Crippen MR) is 42.2 cm³/mol. The molecule has 0 aromatic heterocycles. The van der Waals surface area contributed by atoms with Crippen molar-refractivity contribution < 1.29 is 19.4 Å². The molecule has 0 saturated heterocycles. The van der Waals surface area contributed by atoms with Gasteiger partial charge in [0.05, 0.1) is 18.4 Å². The van der Waals surface area contributed by atoms with Gasteiger partial charge in [0, 0.05) is 0 Å². The van der Waals surface area contributed by atoms with Gasteiger partial charge in [-0.15, -0.1) is 0 Å². The normalized spacial score (nSPS) is 10.3. The number of carboxylic acids is 1. The summed E-state index contributed by atoms with van der Waals surface area (Å²) >= 11 is 0. The van der Waals surface area contributed by atoms with E-state index < -0.39 is 5.97 Å². The molecule has 1 N–H and O–H groups in total. The maximum Gasteiger partial charge on any atom is 0.339 e. The zero-order valence-corrected chi connectivity index (χ0v) is 6.96. The molecule has 0 aromatic carbocycles. The fourth-order valence-electron chi connectivity index (χ4n) is 0.521. The molecule has 0 bridgehead atoms. The summed E-state index contributed by atoms with van der Waals surface area (Å²) in [6.45, 7) is 3.45. The fraction of sp³-hybridized carbons (Fsp3) is 0.375. The maximum atomic E-state index is 10.5. The number of carbonyl (C=O) groups is 1. The first-order valence-corrected chi connectivity index (χ1v) is 3.40. The molecule has 0 saturated carbocycles. The lowest BCUT2D eigenvalue weighted by molar-refractivity contribution is -0.132. The molecule has 0 radical (unpaired) electrons. The molecule has 66 valence electrons. The van der Waals surface area contributed by atoms with Crippen molar-refractivity contribution in [1.29, 1.82) is 0 Å². The van der Waals surface area contributed by atoms with Gasteiger partial charge in [-0.25, -0.2) is 9.59 Å². The molecule has 0 heterocycles. The molecule has 4 nitrogen and oxygen atoms in total. The van der Waals surface area contributed by atoms with Crippen LogP contribution in [0.1, 0.15) is 13.8 Å². The van der Waals surface area contributed by atoms with Crippen LogP contribution in [-0.4, -0.2) is 23.6 Å². The molecular formula is C8H10O4. The van der Waals surface area contributed by atoms with Crippen LogP contribution in [0.5, 0.6) is 0 Å². The lowest BCUT2D eigenvalue weighted by atomic mass is 10.1. The number of aliphatic carboxylic acids is 1. The summed E-state index contributed by atoms with van der Waals surface area (Å²) in [4.78, 5) is 20.5. The summed E-state index contributed by atoms with van der Waals surface area (Å²) in [6, 6.07) is 0. The minimum absolute atomic E-state index is 0.0240. The monoisotopic (exact) mass is 170 g/mol. The Morgan fingerprint density at radius 3 is 2.58 bits per heavy atom. The number of carbonyl (C=O) groups excluding carboxylic acids is 1. The van der Waals surface area contributed by atoms with E-state index in [1.165, 1.54) is 12.9 Å². The van der Waals surface area contributed by atoms with E-state index in [0.29, 0.717) is 6.61 Å². The Bertz CT molecular complexity index is 246. The highest BCUT2D eigenvalue weighted by molar-refractivity contribution is 5.94. The van der Waals surface area contributed by atoms with Crippen LogP contribution in [0, 0.1) is 0 Å². The smallest absolute Gasteiger partial charge is 0.339 e. The van der Waals surface area contributed by atoms with Gasteiger partial charge in [-0.1, -0.05) is 0 Å². The van der Waals surface area contributed by atoms with Crippen LogP contribution in [0.4, 0.5) is 0 Å². The van der Waals surface area contributed by atoms with Gasteiger partial charge in [0.15, 0.2) is 0 Å². The van der Waals surface area contributed by atoms with Crippen LogP contribution in [0.25, 0.3) is 0 Å². The molecule has 0 aliphatic rings.